The Labute approximate surface area is 171 Å². The number of hydrogen-bond acceptors (Lipinski definition) is 11. The summed E-state index contributed by atoms with van der Waals surface area (Å²) in [6.45, 7) is 4.37. The molecule has 29 heavy (non-hydrogen) atoms. The van der Waals surface area contributed by atoms with E-state index in [0.29, 0.717) is 5.75 Å². The standard InChI is InChI=1S/C18H22O10S/c1-9(19)23-7-14-15(24-10(2)20)16(25-11(3)21)17(26-12(4)22)18(28-14)27-13-5-6-29-8-13/h5-6,8,14-18H,7H2,1-4H3/t14-,15-,16+,17-,18+/m1/s1. The summed E-state index contributed by atoms with van der Waals surface area (Å²) in [6, 6.07) is 1.67. The highest BCUT2D eigenvalue weighted by atomic mass is 32.1. The van der Waals surface area contributed by atoms with Gasteiger partial charge in [0.2, 0.25) is 12.4 Å². The average molecular weight is 430 g/mol. The van der Waals surface area contributed by atoms with Crippen molar-refractivity contribution >= 4 is 35.2 Å². The molecule has 0 unspecified atom stereocenters. The van der Waals surface area contributed by atoms with Gasteiger partial charge in [0.05, 0.1) is 0 Å². The summed E-state index contributed by atoms with van der Waals surface area (Å²) in [7, 11) is 0. The number of carbonyl (C=O) groups excluding carboxylic acids is 4. The van der Waals surface area contributed by atoms with Crippen molar-refractivity contribution in [2.75, 3.05) is 6.61 Å². The maximum Gasteiger partial charge on any atom is 0.303 e. The summed E-state index contributed by atoms with van der Waals surface area (Å²) in [5.41, 5.74) is 0. The molecule has 11 heteroatoms. The lowest BCUT2D eigenvalue weighted by atomic mass is 9.98. The molecular formula is C18H22O10S. The van der Waals surface area contributed by atoms with Gasteiger partial charge in [-0.3, -0.25) is 19.2 Å². The molecule has 1 saturated heterocycles. The SMILES string of the molecule is CC(=O)OC[C@H]1O[C@H](Oc2ccsc2)[C@H](OC(C)=O)[C@@H](OC(C)=O)[C@@H]1OC(C)=O. The number of rotatable bonds is 7. The van der Waals surface area contributed by atoms with Gasteiger partial charge in [0.15, 0.2) is 12.2 Å². The van der Waals surface area contributed by atoms with Crippen LogP contribution in [0.3, 0.4) is 0 Å². The second-order valence-corrected chi connectivity index (χ2v) is 6.92. The normalized spacial score (nSPS) is 26.1. The molecule has 1 fully saturated rings. The molecule has 2 heterocycles. The summed E-state index contributed by atoms with van der Waals surface area (Å²) in [4.78, 5) is 46.3. The van der Waals surface area contributed by atoms with Crippen molar-refractivity contribution in [3.05, 3.63) is 16.8 Å². The fraction of sp³-hybridized carbons (Fsp3) is 0.556. The molecule has 0 aliphatic carbocycles. The molecule has 1 aromatic heterocycles. The molecule has 0 spiro atoms. The number of carbonyl (C=O) groups is 4. The van der Waals surface area contributed by atoms with Crippen molar-refractivity contribution in [1.82, 2.24) is 0 Å². The largest absolute Gasteiger partial charge is 0.463 e. The fourth-order valence-corrected chi connectivity index (χ4v) is 3.30. The number of esters is 4. The minimum atomic E-state index is -1.25. The van der Waals surface area contributed by atoms with E-state index in [4.69, 9.17) is 28.4 Å². The monoisotopic (exact) mass is 430 g/mol. The second-order valence-electron chi connectivity index (χ2n) is 6.14. The molecule has 10 nitrogen and oxygen atoms in total. The molecule has 0 amide bonds. The van der Waals surface area contributed by atoms with E-state index in [0.717, 1.165) is 20.8 Å². The maximum absolute atomic E-state index is 11.7. The quantitative estimate of drug-likeness (QED) is 0.460. The Bertz CT molecular complexity index is 731. The molecule has 1 aliphatic rings. The van der Waals surface area contributed by atoms with Crippen LogP contribution < -0.4 is 4.74 Å². The zero-order valence-corrected chi connectivity index (χ0v) is 17.1. The third-order valence-electron chi connectivity index (χ3n) is 3.70. The molecule has 160 valence electrons. The van der Waals surface area contributed by atoms with Crippen LogP contribution in [0.4, 0.5) is 0 Å². The van der Waals surface area contributed by atoms with Crippen molar-refractivity contribution in [3.8, 4) is 5.75 Å². The summed E-state index contributed by atoms with van der Waals surface area (Å²) < 4.78 is 32.4. The van der Waals surface area contributed by atoms with Gasteiger partial charge >= 0.3 is 23.9 Å². The van der Waals surface area contributed by atoms with Crippen molar-refractivity contribution in [3.63, 3.8) is 0 Å². The van der Waals surface area contributed by atoms with Gasteiger partial charge in [0.25, 0.3) is 0 Å². The van der Waals surface area contributed by atoms with Crippen LogP contribution >= 0.6 is 11.3 Å². The van der Waals surface area contributed by atoms with Crippen molar-refractivity contribution in [1.29, 1.82) is 0 Å². The first-order valence-corrected chi connectivity index (χ1v) is 9.61. The molecule has 0 radical (unpaired) electrons. The highest BCUT2D eigenvalue weighted by molar-refractivity contribution is 7.08. The van der Waals surface area contributed by atoms with Gasteiger partial charge in [-0.1, -0.05) is 0 Å². The van der Waals surface area contributed by atoms with Crippen LogP contribution in [0.15, 0.2) is 16.8 Å². The highest BCUT2D eigenvalue weighted by Crippen LogP contribution is 2.31. The molecule has 5 atom stereocenters. The van der Waals surface area contributed by atoms with E-state index in [2.05, 4.69) is 0 Å². The lowest BCUT2D eigenvalue weighted by Gasteiger charge is -2.43. The lowest BCUT2D eigenvalue weighted by Crippen LogP contribution is -2.63. The Morgan fingerprint density at radius 1 is 0.897 bits per heavy atom. The molecular weight excluding hydrogens is 408 g/mol. The van der Waals surface area contributed by atoms with E-state index >= 15 is 0 Å². The maximum atomic E-state index is 11.7. The van der Waals surface area contributed by atoms with E-state index in [-0.39, 0.29) is 6.61 Å². The Morgan fingerprint density at radius 2 is 1.48 bits per heavy atom. The summed E-state index contributed by atoms with van der Waals surface area (Å²) in [5, 5.41) is 3.45. The Morgan fingerprint density at radius 3 is 2.00 bits per heavy atom. The van der Waals surface area contributed by atoms with E-state index < -0.39 is 54.6 Å². The van der Waals surface area contributed by atoms with Gasteiger partial charge in [0, 0.05) is 33.1 Å². The first-order chi connectivity index (χ1) is 13.7. The van der Waals surface area contributed by atoms with Crippen LogP contribution in [0.5, 0.6) is 5.75 Å². The van der Waals surface area contributed by atoms with Gasteiger partial charge in [-0.25, -0.2) is 0 Å². The van der Waals surface area contributed by atoms with Gasteiger partial charge < -0.3 is 28.4 Å². The zero-order chi connectivity index (χ0) is 21.6. The molecule has 0 aromatic carbocycles. The topological polar surface area (TPSA) is 124 Å². The van der Waals surface area contributed by atoms with Crippen LogP contribution in [0.1, 0.15) is 27.7 Å². The molecule has 2 rings (SSSR count). The third kappa shape index (κ3) is 6.71. The van der Waals surface area contributed by atoms with Gasteiger partial charge in [-0.15, -0.1) is 11.3 Å². The van der Waals surface area contributed by atoms with E-state index in [1.54, 1.807) is 16.8 Å². The minimum Gasteiger partial charge on any atom is -0.463 e. The predicted octanol–water partition coefficient (Wildman–Crippen LogP) is 1.21. The summed E-state index contributed by atoms with van der Waals surface area (Å²) in [6.07, 6.45) is -5.96. The van der Waals surface area contributed by atoms with Crippen LogP contribution in [-0.2, 0) is 42.9 Å². The highest BCUT2D eigenvalue weighted by Gasteiger charge is 2.53. The van der Waals surface area contributed by atoms with Gasteiger partial charge in [-0.2, -0.15) is 0 Å². The Hall–Kier alpha value is -2.66. The van der Waals surface area contributed by atoms with E-state index in [9.17, 15) is 19.2 Å². The number of hydrogen-bond donors (Lipinski definition) is 0. The van der Waals surface area contributed by atoms with Gasteiger partial charge in [-0.05, 0) is 11.4 Å². The summed E-state index contributed by atoms with van der Waals surface area (Å²) in [5.74, 6) is -2.24. The van der Waals surface area contributed by atoms with Crippen molar-refractivity contribution in [2.24, 2.45) is 0 Å². The van der Waals surface area contributed by atoms with Crippen molar-refractivity contribution < 1.29 is 47.6 Å². The molecule has 0 saturated carbocycles. The van der Waals surface area contributed by atoms with Crippen molar-refractivity contribution in [2.45, 2.75) is 58.4 Å². The molecule has 1 aromatic rings. The first-order valence-electron chi connectivity index (χ1n) is 8.66. The zero-order valence-electron chi connectivity index (χ0n) is 16.3. The second kappa shape index (κ2) is 10.2. The number of thiophene rings is 1. The van der Waals surface area contributed by atoms with Gasteiger partial charge in [0.1, 0.15) is 18.5 Å². The summed E-state index contributed by atoms with van der Waals surface area (Å²) >= 11 is 1.37. The molecule has 0 N–H and O–H groups in total. The number of ether oxygens (including phenoxy) is 6. The minimum absolute atomic E-state index is 0.304. The third-order valence-corrected chi connectivity index (χ3v) is 4.36. The van der Waals surface area contributed by atoms with Crippen LogP contribution in [0, 0.1) is 0 Å². The molecule has 0 bridgehead atoms. The first kappa shape index (κ1) is 22.6. The Kier molecular flexibility index (Phi) is 7.97. The average Bonchev–Trinajstić information content (AvgIpc) is 3.10. The fourth-order valence-electron chi connectivity index (χ4n) is 2.74. The lowest BCUT2D eigenvalue weighted by molar-refractivity contribution is -0.288. The predicted molar refractivity (Wildman–Crippen MR) is 96.9 cm³/mol. The van der Waals surface area contributed by atoms with E-state index in [1.165, 1.54) is 18.3 Å². The van der Waals surface area contributed by atoms with Crippen LogP contribution in [0.25, 0.3) is 0 Å². The van der Waals surface area contributed by atoms with E-state index in [1.807, 2.05) is 0 Å². The van der Waals surface area contributed by atoms with Crippen LogP contribution in [0.2, 0.25) is 0 Å². The molecule has 1 aliphatic heterocycles. The van der Waals surface area contributed by atoms with Crippen LogP contribution in [-0.4, -0.2) is 61.2 Å². The smallest absolute Gasteiger partial charge is 0.303 e. The Balaban J connectivity index is 2.40.